The Hall–Kier alpha value is -0.970. The van der Waals surface area contributed by atoms with Crippen molar-refractivity contribution in [3.05, 3.63) is 35.0 Å². The number of benzene rings is 1. The van der Waals surface area contributed by atoms with E-state index in [1.54, 1.807) is 17.4 Å². The second-order valence-electron chi connectivity index (χ2n) is 6.50. The molecule has 1 unspecified atom stereocenters. The normalized spacial score (nSPS) is 13.8. The fourth-order valence-electron chi connectivity index (χ4n) is 2.34. The first-order chi connectivity index (χ1) is 9.39. The van der Waals surface area contributed by atoms with E-state index in [2.05, 4.69) is 32.3 Å². The third-order valence-electron chi connectivity index (χ3n) is 3.47. The molecule has 0 spiro atoms. The predicted octanol–water partition coefficient (Wildman–Crippen LogP) is 4.76. The predicted molar refractivity (Wildman–Crippen MR) is 85.2 cm³/mol. The lowest BCUT2D eigenvalue weighted by atomic mass is 9.89. The number of nitrogens with one attached hydrogen (secondary N) is 1. The van der Waals surface area contributed by atoms with Crippen LogP contribution in [0.5, 0.6) is 0 Å². The molecule has 3 N–H and O–H groups in total. The van der Waals surface area contributed by atoms with Crippen molar-refractivity contribution in [3.63, 3.8) is 0 Å². The molecule has 0 radical (unpaired) electrons. The maximum absolute atomic E-state index is 13.2. The van der Waals surface area contributed by atoms with Crippen LogP contribution in [-0.4, -0.2) is 0 Å². The Morgan fingerprint density at radius 2 is 2.05 bits per heavy atom. The molecule has 0 bridgehead atoms. The molecule has 0 aliphatic carbocycles. The molecule has 0 aliphatic heterocycles. The fourth-order valence-corrected chi connectivity index (χ4v) is 3.53. The van der Waals surface area contributed by atoms with Crippen molar-refractivity contribution >= 4 is 21.4 Å². The zero-order valence-corrected chi connectivity index (χ0v) is 13.2. The van der Waals surface area contributed by atoms with Crippen LogP contribution in [0, 0.1) is 11.2 Å². The van der Waals surface area contributed by atoms with E-state index >= 15 is 0 Å². The van der Waals surface area contributed by atoms with Gasteiger partial charge < -0.3 is 0 Å². The van der Waals surface area contributed by atoms with Gasteiger partial charge in [0.05, 0.1) is 6.04 Å². The molecule has 0 amide bonds. The molecule has 0 saturated carbocycles. The highest BCUT2D eigenvalue weighted by molar-refractivity contribution is 7.19. The van der Waals surface area contributed by atoms with Crippen molar-refractivity contribution in [2.45, 2.75) is 46.1 Å². The third-order valence-corrected chi connectivity index (χ3v) is 4.68. The smallest absolute Gasteiger partial charge is 0.124 e. The molecule has 2 nitrogen and oxygen atoms in total. The molecule has 110 valence electrons. The number of thiophene rings is 1. The SMILES string of the molecule is CC(C)(C)CCCC(NN)c1cc2ccc(F)cc2s1. The average Bonchev–Trinajstić information content (AvgIpc) is 2.75. The molecule has 0 saturated heterocycles. The average molecular weight is 294 g/mol. The van der Waals surface area contributed by atoms with Crippen molar-refractivity contribution in [2.75, 3.05) is 0 Å². The van der Waals surface area contributed by atoms with Crippen molar-refractivity contribution < 1.29 is 4.39 Å². The van der Waals surface area contributed by atoms with E-state index in [1.165, 1.54) is 17.4 Å². The second-order valence-corrected chi connectivity index (χ2v) is 7.62. The van der Waals surface area contributed by atoms with Crippen LogP contribution in [0.2, 0.25) is 0 Å². The summed E-state index contributed by atoms with van der Waals surface area (Å²) in [4.78, 5) is 1.18. The van der Waals surface area contributed by atoms with Gasteiger partial charge in [-0.3, -0.25) is 11.3 Å². The minimum atomic E-state index is -0.184. The van der Waals surface area contributed by atoms with Gasteiger partial charge in [0.25, 0.3) is 0 Å². The lowest BCUT2D eigenvalue weighted by Gasteiger charge is -2.20. The fraction of sp³-hybridized carbons (Fsp3) is 0.500. The van der Waals surface area contributed by atoms with E-state index in [0.29, 0.717) is 5.41 Å². The molecule has 1 atom stereocenters. The minimum absolute atomic E-state index is 0.151. The Morgan fingerprint density at radius 1 is 1.30 bits per heavy atom. The molecule has 0 aliphatic rings. The largest absolute Gasteiger partial charge is 0.271 e. The van der Waals surface area contributed by atoms with E-state index in [4.69, 9.17) is 5.84 Å². The summed E-state index contributed by atoms with van der Waals surface area (Å²) in [5.41, 5.74) is 3.25. The van der Waals surface area contributed by atoms with Gasteiger partial charge in [0, 0.05) is 9.58 Å². The summed E-state index contributed by atoms with van der Waals surface area (Å²) in [5, 5.41) is 1.09. The quantitative estimate of drug-likeness (QED) is 0.616. The molecule has 4 heteroatoms. The summed E-state index contributed by atoms with van der Waals surface area (Å²) >= 11 is 1.62. The molecular formula is C16H23FN2S. The van der Waals surface area contributed by atoms with Gasteiger partial charge in [0.1, 0.15) is 5.82 Å². The number of fused-ring (bicyclic) bond motifs is 1. The maximum Gasteiger partial charge on any atom is 0.124 e. The zero-order chi connectivity index (χ0) is 14.8. The minimum Gasteiger partial charge on any atom is -0.271 e. The van der Waals surface area contributed by atoms with E-state index in [9.17, 15) is 4.39 Å². The highest BCUT2D eigenvalue weighted by Gasteiger charge is 2.16. The summed E-state index contributed by atoms with van der Waals surface area (Å²) < 4.78 is 14.2. The van der Waals surface area contributed by atoms with Gasteiger partial charge >= 0.3 is 0 Å². The van der Waals surface area contributed by atoms with Crippen LogP contribution in [0.15, 0.2) is 24.3 Å². The first kappa shape index (κ1) is 15.4. The number of hydrogen-bond donors (Lipinski definition) is 2. The van der Waals surface area contributed by atoms with Crippen LogP contribution in [0.3, 0.4) is 0 Å². The molecule has 20 heavy (non-hydrogen) atoms. The lowest BCUT2D eigenvalue weighted by Crippen LogP contribution is -2.27. The molecule has 2 rings (SSSR count). The van der Waals surface area contributed by atoms with E-state index < -0.39 is 0 Å². The maximum atomic E-state index is 13.2. The summed E-state index contributed by atoms with van der Waals surface area (Å²) in [7, 11) is 0. The molecular weight excluding hydrogens is 271 g/mol. The van der Waals surface area contributed by atoms with Gasteiger partial charge in [-0.25, -0.2) is 4.39 Å². The lowest BCUT2D eigenvalue weighted by molar-refractivity contribution is 0.345. The van der Waals surface area contributed by atoms with Gasteiger partial charge in [-0.15, -0.1) is 11.3 Å². The van der Waals surface area contributed by atoms with Crippen molar-refractivity contribution in [3.8, 4) is 0 Å². The van der Waals surface area contributed by atoms with Crippen LogP contribution in [0.4, 0.5) is 4.39 Å². The highest BCUT2D eigenvalue weighted by Crippen LogP contribution is 2.33. The molecule has 0 fully saturated rings. The standard InChI is InChI=1S/C16H23FN2S/c1-16(2,3)8-4-5-13(19-18)15-9-11-6-7-12(17)10-14(11)20-15/h6-7,9-10,13,19H,4-5,8,18H2,1-3H3. The number of nitrogens with two attached hydrogens (primary N) is 1. The molecule has 1 aromatic carbocycles. The summed E-state index contributed by atoms with van der Waals surface area (Å²) in [5.74, 6) is 5.50. The first-order valence-corrected chi connectivity index (χ1v) is 7.86. The Bertz CT molecular complexity index is 571. The molecule has 2 aromatic rings. The van der Waals surface area contributed by atoms with Crippen molar-refractivity contribution in [1.29, 1.82) is 0 Å². The number of rotatable bonds is 5. The van der Waals surface area contributed by atoms with Gasteiger partial charge in [-0.05, 0) is 41.8 Å². The van der Waals surface area contributed by atoms with Crippen LogP contribution < -0.4 is 11.3 Å². The number of halogens is 1. The van der Waals surface area contributed by atoms with Gasteiger partial charge in [-0.1, -0.05) is 33.3 Å². The Kier molecular flexibility index (Phi) is 4.78. The highest BCUT2D eigenvalue weighted by atomic mass is 32.1. The van der Waals surface area contributed by atoms with E-state index in [1.807, 2.05) is 6.07 Å². The Labute approximate surface area is 124 Å². The summed E-state index contributed by atoms with van der Waals surface area (Å²) in [6.07, 6.45) is 3.30. The van der Waals surface area contributed by atoms with Gasteiger partial charge in [-0.2, -0.15) is 0 Å². The number of hydrazine groups is 1. The van der Waals surface area contributed by atoms with E-state index in [0.717, 1.165) is 22.9 Å². The Balaban J connectivity index is 2.09. The summed E-state index contributed by atoms with van der Waals surface area (Å²) in [6.45, 7) is 6.75. The van der Waals surface area contributed by atoms with Crippen LogP contribution >= 0.6 is 11.3 Å². The van der Waals surface area contributed by atoms with Crippen molar-refractivity contribution in [1.82, 2.24) is 5.43 Å². The van der Waals surface area contributed by atoms with Gasteiger partial charge in [0.15, 0.2) is 0 Å². The van der Waals surface area contributed by atoms with Crippen LogP contribution in [0.25, 0.3) is 10.1 Å². The first-order valence-electron chi connectivity index (χ1n) is 7.04. The Morgan fingerprint density at radius 3 is 2.70 bits per heavy atom. The van der Waals surface area contributed by atoms with Crippen LogP contribution in [0.1, 0.15) is 51.0 Å². The second kappa shape index (κ2) is 6.20. The topological polar surface area (TPSA) is 38.0 Å². The molecule has 1 heterocycles. The molecule has 1 aromatic heterocycles. The third kappa shape index (κ3) is 4.01. The summed E-state index contributed by atoms with van der Waals surface area (Å²) in [6, 6.07) is 7.18. The van der Waals surface area contributed by atoms with Crippen molar-refractivity contribution in [2.24, 2.45) is 11.3 Å². The number of hydrogen-bond acceptors (Lipinski definition) is 3. The monoisotopic (exact) mass is 294 g/mol. The van der Waals surface area contributed by atoms with Crippen LogP contribution in [-0.2, 0) is 0 Å². The van der Waals surface area contributed by atoms with Gasteiger partial charge in [0.2, 0.25) is 0 Å². The van der Waals surface area contributed by atoms with E-state index in [-0.39, 0.29) is 11.9 Å². The zero-order valence-electron chi connectivity index (χ0n) is 12.4.